The third-order valence-electron chi connectivity index (χ3n) is 3.43. The van der Waals surface area contributed by atoms with Gasteiger partial charge in [0, 0.05) is 38.2 Å². The van der Waals surface area contributed by atoms with E-state index in [1.54, 1.807) is 24.3 Å². The van der Waals surface area contributed by atoms with Crippen LogP contribution in [0.1, 0.15) is 12.0 Å². The summed E-state index contributed by atoms with van der Waals surface area (Å²) in [6.07, 6.45) is 0.336. The number of aliphatic hydroxyl groups excluding tert-OH is 1. The van der Waals surface area contributed by atoms with Crippen LogP contribution in [0.15, 0.2) is 29.2 Å². The van der Waals surface area contributed by atoms with E-state index < -0.39 is 10.0 Å². The average Bonchev–Trinajstić information content (AvgIpc) is 2.48. The lowest BCUT2D eigenvalue weighted by Gasteiger charge is -2.31. The minimum absolute atomic E-state index is 0.0274. The van der Waals surface area contributed by atoms with Crippen molar-refractivity contribution in [3.63, 3.8) is 0 Å². The lowest BCUT2D eigenvalue weighted by atomic mass is 10.2. The zero-order valence-corrected chi connectivity index (χ0v) is 12.9. The molecule has 21 heavy (non-hydrogen) atoms. The first-order chi connectivity index (χ1) is 10.1. The molecular formula is C15H20N2O3S. The summed E-state index contributed by atoms with van der Waals surface area (Å²) in [7, 11) is -1.53. The molecule has 1 aliphatic rings. The maximum atomic E-state index is 12.7. The van der Waals surface area contributed by atoms with E-state index in [0.29, 0.717) is 25.1 Å². The van der Waals surface area contributed by atoms with Crippen LogP contribution in [0.5, 0.6) is 0 Å². The van der Waals surface area contributed by atoms with Crippen molar-refractivity contribution in [1.29, 1.82) is 0 Å². The molecule has 1 saturated heterocycles. The van der Waals surface area contributed by atoms with Gasteiger partial charge in [-0.25, -0.2) is 8.42 Å². The number of nitrogens with zero attached hydrogens (tertiary/aromatic N) is 2. The molecule has 1 heterocycles. The Morgan fingerprint density at radius 2 is 1.86 bits per heavy atom. The molecule has 0 amide bonds. The number of benzene rings is 1. The molecule has 0 unspecified atom stereocenters. The Morgan fingerprint density at radius 1 is 1.19 bits per heavy atom. The molecule has 1 N–H and O–H groups in total. The summed E-state index contributed by atoms with van der Waals surface area (Å²) >= 11 is 0. The number of hydrogen-bond donors (Lipinski definition) is 1. The molecule has 0 radical (unpaired) electrons. The zero-order chi connectivity index (χ0) is 15.3. The fraction of sp³-hybridized carbons (Fsp3) is 0.467. The van der Waals surface area contributed by atoms with Gasteiger partial charge in [-0.3, -0.25) is 0 Å². The molecule has 0 spiro atoms. The Balaban J connectivity index is 2.30. The third-order valence-corrected chi connectivity index (χ3v) is 5.38. The Morgan fingerprint density at radius 3 is 2.52 bits per heavy atom. The number of piperazine rings is 1. The maximum Gasteiger partial charge on any atom is 0.244 e. The maximum absolute atomic E-state index is 12.7. The van der Waals surface area contributed by atoms with E-state index in [1.165, 1.54) is 4.31 Å². The quantitative estimate of drug-likeness (QED) is 0.819. The monoisotopic (exact) mass is 308 g/mol. The van der Waals surface area contributed by atoms with E-state index >= 15 is 0 Å². The number of aliphatic hydroxyl groups is 1. The van der Waals surface area contributed by atoms with Crippen LogP contribution in [0.4, 0.5) is 0 Å². The Labute approximate surface area is 126 Å². The Kier molecular flexibility index (Phi) is 5.37. The van der Waals surface area contributed by atoms with E-state index in [-0.39, 0.29) is 11.5 Å². The first-order valence-corrected chi connectivity index (χ1v) is 8.37. The average molecular weight is 308 g/mol. The van der Waals surface area contributed by atoms with Crippen LogP contribution >= 0.6 is 0 Å². The molecule has 0 aromatic heterocycles. The lowest BCUT2D eigenvalue weighted by molar-refractivity contribution is 0.222. The van der Waals surface area contributed by atoms with Crippen LogP contribution in [0, 0.1) is 11.8 Å². The van der Waals surface area contributed by atoms with Crippen molar-refractivity contribution >= 4 is 10.0 Å². The standard InChI is InChI=1S/C15H20N2O3S/c1-16-9-11-17(12-10-16)21(19,20)15-8-3-2-6-14(15)7-4-5-13-18/h2-3,6,8,18H,5,9-13H2,1H3. The molecule has 1 aromatic rings. The van der Waals surface area contributed by atoms with Gasteiger partial charge in [0.2, 0.25) is 10.0 Å². The van der Waals surface area contributed by atoms with Gasteiger partial charge >= 0.3 is 0 Å². The summed E-state index contributed by atoms with van der Waals surface area (Å²) in [5, 5.41) is 8.77. The van der Waals surface area contributed by atoms with E-state index in [2.05, 4.69) is 16.7 Å². The van der Waals surface area contributed by atoms with Crippen molar-refractivity contribution in [3.05, 3.63) is 29.8 Å². The molecular weight excluding hydrogens is 288 g/mol. The highest BCUT2D eigenvalue weighted by molar-refractivity contribution is 7.89. The summed E-state index contributed by atoms with van der Waals surface area (Å²) in [6, 6.07) is 6.77. The molecule has 0 aliphatic carbocycles. The van der Waals surface area contributed by atoms with Gasteiger partial charge < -0.3 is 10.0 Å². The van der Waals surface area contributed by atoms with Gasteiger partial charge in [0.05, 0.1) is 11.5 Å². The molecule has 0 atom stereocenters. The van der Waals surface area contributed by atoms with Gasteiger partial charge in [-0.15, -0.1) is 0 Å². The van der Waals surface area contributed by atoms with Gasteiger partial charge in [-0.2, -0.15) is 4.31 Å². The summed E-state index contributed by atoms with van der Waals surface area (Å²) < 4.78 is 27.0. The van der Waals surface area contributed by atoms with Gasteiger partial charge in [-0.1, -0.05) is 24.0 Å². The van der Waals surface area contributed by atoms with Crippen LogP contribution in [0.25, 0.3) is 0 Å². The summed E-state index contributed by atoms with van der Waals surface area (Å²) in [5.41, 5.74) is 0.491. The number of hydrogen-bond acceptors (Lipinski definition) is 4. The molecule has 6 heteroatoms. The third kappa shape index (κ3) is 3.83. The van der Waals surface area contributed by atoms with E-state index in [0.717, 1.165) is 13.1 Å². The number of sulfonamides is 1. The van der Waals surface area contributed by atoms with Crippen LogP contribution < -0.4 is 0 Å². The van der Waals surface area contributed by atoms with E-state index in [4.69, 9.17) is 5.11 Å². The van der Waals surface area contributed by atoms with E-state index in [9.17, 15) is 8.42 Å². The Hall–Kier alpha value is -1.39. The first-order valence-electron chi connectivity index (χ1n) is 6.93. The fourth-order valence-corrected chi connectivity index (χ4v) is 3.75. The zero-order valence-electron chi connectivity index (χ0n) is 12.1. The molecule has 1 aromatic carbocycles. The Bertz CT molecular complexity index is 638. The SMILES string of the molecule is CN1CCN(S(=O)(=O)c2ccccc2C#CCCO)CC1. The van der Waals surface area contributed by atoms with Crippen molar-refractivity contribution in [3.8, 4) is 11.8 Å². The minimum Gasteiger partial charge on any atom is -0.395 e. The van der Waals surface area contributed by atoms with Crippen molar-refractivity contribution < 1.29 is 13.5 Å². The second-order valence-electron chi connectivity index (χ2n) is 4.98. The topological polar surface area (TPSA) is 60.9 Å². The summed E-state index contributed by atoms with van der Waals surface area (Å²) in [6.45, 7) is 2.43. The molecule has 0 bridgehead atoms. The van der Waals surface area contributed by atoms with Crippen molar-refractivity contribution in [2.75, 3.05) is 39.8 Å². The van der Waals surface area contributed by atoms with Gasteiger partial charge in [0.15, 0.2) is 0 Å². The highest BCUT2D eigenvalue weighted by Gasteiger charge is 2.28. The highest BCUT2D eigenvalue weighted by atomic mass is 32.2. The van der Waals surface area contributed by atoms with Crippen LogP contribution in [-0.4, -0.2) is 62.6 Å². The fourth-order valence-electron chi connectivity index (χ4n) is 2.18. The molecule has 1 aliphatic heterocycles. The predicted octanol–water partition coefficient (Wildman–Crippen LogP) is 0.357. The number of likely N-dealkylation sites (N-methyl/N-ethyl adjacent to an activating group) is 1. The molecule has 2 rings (SSSR count). The van der Waals surface area contributed by atoms with E-state index in [1.807, 2.05) is 7.05 Å². The molecule has 1 fully saturated rings. The predicted molar refractivity (Wildman–Crippen MR) is 81.3 cm³/mol. The van der Waals surface area contributed by atoms with Crippen LogP contribution in [0.3, 0.4) is 0 Å². The molecule has 114 valence electrons. The second kappa shape index (κ2) is 7.05. The van der Waals surface area contributed by atoms with Gasteiger partial charge in [-0.05, 0) is 19.2 Å². The smallest absolute Gasteiger partial charge is 0.244 e. The second-order valence-corrected chi connectivity index (χ2v) is 6.89. The summed E-state index contributed by atoms with van der Waals surface area (Å²) in [4.78, 5) is 2.36. The first kappa shape index (κ1) is 16.0. The number of rotatable bonds is 3. The van der Waals surface area contributed by atoms with Crippen molar-refractivity contribution in [2.24, 2.45) is 0 Å². The van der Waals surface area contributed by atoms with Crippen LogP contribution in [-0.2, 0) is 10.0 Å². The largest absolute Gasteiger partial charge is 0.395 e. The summed E-state index contributed by atoms with van der Waals surface area (Å²) in [5.74, 6) is 5.62. The van der Waals surface area contributed by atoms with Gasteiger partial charge in [0.25, 0.3) is 0 Å². The molecule has 0 saturated carbocycles. The van der Waals surface area contributed by atoms with Crippen molar-refractivity contribution in [2.45, 2.75) is 11.3 Å². The van der Waals surface area contributed by atoms with Crippen molar-refractivity contribution in [1.82, 2.24) is 9.21 Å². The molecule has 5 nitrogen and oxygen atoms in total. The normalized spacial score (nSPS) is 17.2. The van der Waals surface area contributed by atoms with Gasteiger partial charge in [0.1, 0.15) is 0 Å². The highest BCUT2D eigenvalue weighted by Crippen LogP contribution is 2.20. The lowest BCUT2D eigenvalue weighted by Crippen LogP contribution is -2.47. The van der Waals surface area contributed by atoms with Crippen LogP contribution in [0.2, 0.25) is 0 Å². The minimum atomic E-state index is -3.51.